The third kappa shape index (κ3) is 4.17. The zero-order chi connectivity index (χ0) is 15.3. The summed E-state index contributed by atoms with van der Waals surface area (Å²) in [5.74, 6) is -0.267. The molecule has 0 radical (unpaired) electrons. The van der Waals surface area contributed by atoms with Gasteiger partial charge < -0.3 is 5.32 Å². The number of rotatable bonds is 8. The van der Waals surface area contributed by atoms with Crippen LogP contribution in [0.15, 0.2) is 18.2 Å². The van der Waals surface area contributed by atoms with E-state index in [0.29, 0.717) is 25.1 Å². The quantitative estimate of drug-likeness (QED) is 0.749. The molecular weight excluding hydrogens is 291 g/mol. The fourth-order valence-corrected chi connectivity index (χ4v) is 4.19. The molecule has 2 rings (SSSR count). The van der Waals surface area contributed by atoms with Gasteiger partial charge in [-0.25, -0.2) is 12.8 Å². The number of anilines is 1. The molecular formula is C15H23FN2O2S. The molecule has 0 saturated heterocycles. The minimum atomic E-state index is -3.34. The van der Waals surface area contributed by atoms with Crippen molar-refractivity contribution in [1.29, 1.82) is 0 Å². The number of halogens is 1. The van der Waals surface area contributed by atoms with Gasteiger partial charge in [0.2, 0.25) is 10.0 Å². The van der Waals surface area contributed by atoms with Crippen LogP contribution in [-0.2, 0) is 16.4 Å². The summed E-state index contributed by atoms with van der Waals surface area (Å²) in [4.78, 5) is 0. The Balaban J connectivity index is 1.91. The van der Waals surface area contributed by atoms with E-state index in [1.165, 1.54) is 16.4 Å². The molecule has 1 heterocycles. The highest BCUT2D eigenvalue weighted by atomic mass is 32.2. The van der Waals surface area contributed by atoms with Gasteiger partial charge in [0.1, 0.15) is 5.82 Å². The summed E-state index contributed by atoms with van der Waals surface area (Å²) in [6.45, 7) is 4.33. The average molecular weight is 314 g/mol. The summed E-state index contributed by atoms with van der Waals surface area (Å²) in [6.07, 6.45) is 3.20. The summed E-state index contributed by atoms with van der Waals surface area (Å²) in [5, 5.41) is 3.26. The van der Waals surface area contributed by atoms with Crippen LogP contribution in [0.1, 0.15) is 31.7 Å². The highest BCUT2D eigenvalue weighted by Gasteiger charge is 2.29. The second kappa shape index (κ2) is 7.22. The van der Waals surface area contributed by atoms with Crippen LogP contribution >= 0.6 is 0 Å². The number of hydrogen-bond acceptors (Lipinski definition) is 3. The maximum Gasteiger partial charge on any atom is 0.235 e. The van der Waals surface area contributed by atoms with Crippen LogP contribution in [0, 0.1) is 5.82 Å². The van der Waals surface area contributed by atoms with Gasteiger partial charge in [-0.15, -0.1) is 0 Å². The summed E-state index contributed by atoms with van der Waals surface area (Å²) in [5.41, 5.74) is 1.42. The molecule has 0 bridgehead atoms. The smallest absolute Gasteiger partial charge is 0.235 e. The topological polar surface area (TPSA) is 49.4 Å². The maximum atomic E-state index is 13.3. The monoisotopic (exact) mass is 314 g/mol. The normalized spacial score (nSPS) is 14.5. The van der Waals surface area contributed by atoms with E-state index in [-0.39, 0.29) is 11.6 Å². The number of nitrogens with one attached hydrogen (secondary N) is 1. The fraction of sp³-hybridized carbons (Fsp3) is 0.600. The van der Waals surface area contributed by atoms with Crippen molar-refractivity contribution < 1.29 is 12.8 Å². The van der Waals surface area contributed by atoms with E-state index in [4.69, 9.17) is 0 Å². The van der Waals surface area contributed by atoms with Gasteiger partial charge in [0, 0.05) is 6.54 Å². The lowest BCUT2D eigenvalue weighted by molar-refractivity contribution is 0.582. The van der Waals surface area contributed by atoms with Gasteiger partial charge in [-0.3, -0.25) is 4.31 Å². The van der Waals surface area contributed by atoms with Crippen LogP contribution in [0.4, 0.5) is 10.1 Å². The summed E-state index contributed by atoms with van der Waals surface area (Å²) >= 11 is 0. The third-order valence-corrected chi connectivity index (χ3v) is 5.52. The predicted octanol–water partition coefficient (Wildman–Crippen LogP) is 2.30. The molecule has 4 nitrogen and oxygen atoms in total. The van der Waals surface area contributed by atoms with Crippen molar-refractivity contribution in [2.75, 3.05) is 29.7 Å². The van der Waals surface area contributed by atoms with Gasteiger partial charge in [0.05, 0.1) is 11.4 Å². The summed E-state index contributed by atoms with van der Waals surface area (Å²) < 4.78 is 39.4. The van der Waals surface area contributed by atoms with E-state index in [1.807, 2.05) is 0 Å². The van der Waals surface area contributed by atoms with Gasteiger partial charge >= 0.3 is 0 Å². The number of sulfonamides is 1. The molecule has 0 amide bonds. The van der Waals surface area contributed by atoms with Crippen molar-refractivity contribution in [2.45, 2.75) is 32.6 Å². The molecule has 6 heteroatoms. The van der Waals surface area contributed by atoms with E-state index in [9.17, 15) is 12.8 Å². The molecule has 0 saturated carbocycles. The van der Waals surface area contributed by atoms with Gasteiger partial charge in [-0.2, -0.15) is 0 Å². The SMILES string of the molecule is CCCNCCCCS(=O)(=O)N1CCc2ccc(F)cc21. The number of benzene rings is 1. The molecule has 118 valence electrons. The zero-order valence-electron chi connectivity index (χ0n) is 12.4. The van der Waals surface area contributed by atoms with E-state index in [2.05, 4.69) is 12.2 Å². The van der Waals surface area contributed by atoms with E-state index >= 15 is 0 Å². The number of fused-ring (bicyclic) bond motifs is 1. The fourth-order valence-electron chi connectivity index (χ4n) is 2.56. The minimum Gasteiger partial charge on any atom is -0.317 e. The molecule has 0 unspecified atom stereocenters. The number of hydrogen-bond donors (Lipinski definition) is 1. The van der Waals surface area contributed by atoms with Crippen molar-refractivity contribution in [3.8, 4) is 0 Å². The van der Waals surface area contributed by atoms with Crippen LogP contribution in [0.5, 0.6) is 0 Å². The molecule has 21 heavy (non-hydrogen) atoms. The van der Waals surface area contributed by atoms with Gasteiger partial charge in [-0.1, -0.05) is 13.0 Å². The van der Waals surface area contributed by atoms with Crippen molar-refractivity contribution in [2.24, 2.45) is 0 Å². The van der Waals surface area contributed by atoms with Crippen LogP contribution < -0.4 is 9.62 Å². The first kappa shape index (κ1) is 16.2. The predicted molar refractivity (Wildman–Crippen MR) is 83.6 cm³/mol. The van der Waals surface area contributed by atoms with Crippen LogP contribution in [0.25, 0.3) is 0 Å². The second-order valence-corrected chi connectivity index (χ2v) is 7.38. The Labute approximate surface area is 126 Å². The Hall–Kier alpha value is -1.14. The Bertz CT molecular complexity index is 575. The third-order valence-electron chi connectivity index (χ3n) is 3.67. The Morgan fingerprint density at radius 1 is 1.29 bits per heavy atom. The first-order chi connectivity index (χ1) is 10.0. The second-order valence-electron chi connectivity index (χ2n) is 5.37. The molecule has 0 aromatic heterocycles. The standard InChI is InChI=1S/C15H23FN2O2S/c1-2-8-17-9-3-4-11-21(19,20)18-10-7-13-5-6-14(16)12-15(13)18/h5-6,12,17H,2-4,7-11H2,1H3. The molecule has 0 aliphatic carbocycles. The minimum absolute atomic E-state index is 0.122. The van der Waals surface area contributed by atoms with Gasteiger partial charge in [-0.05, 0) is 56.5 Å². The highest BCUT2D eigenvalue weighted by molar-refractivity contribution is 7.92. The van der Waals surface area contributed by atoms with Crippen LogP contribution in [0.3, 0.4) is 0 Å². The van der Waals surface area contributed by atoms with Crippen molar-refractivity contribution in [3.05, 3.63) is 29.6 Å². The van der Waals surface area contributed by atoms with Gasteiger partial charge in [0.25, 0.3) is 0 Å². The Morgan fingerprint density at radius 2 is 2.10 bits per heavy atom. The molecule has 1 N–H and O–H groups in total. The molecule has 0 atom stereocenters. The maximum absolute atomic E-state index is 13.3. The van der Waals surface area contributed by atoms with Crippen molar-refractivity contribution in [1.82, 2.24) is 5.32 Å². The summed E-state index contributed by atoms with van der Waals surface area (Å²) in [7, 11) is -3.34. The van der Waals surface area contributed by atoms with Crippen LogP contribution in [-0.4, -0.2) is 33.8 Å². The lowest BCUT2D eigenvalue weighted by Crippen LogP contribution is -2.31. The Kier molecular flexibility index (Phi) is 5.58. The van der Waals surface area contributed by atoms with Crippen LogP contribution in [0.2, 0.25) is 0 Å². The van der Waals surface area contributed by atoms with E-state index < -0.39 is 10.0 Å². The van der Waals surface area contributed by atoms with Gasteiger partial charge in [0.15, 0.2) is 0 Å². The Morgan fingerprint density at radius 3 is 2.86 bits per heavy atom. The summed E-state index contributed by atoms with van der Waals surface area (Å²) in [6, 6.07) is 4.38. The lowest BCUT2D eigenvalue weighted by atomic mass is 10.2. The molecule has 1 aliphatic heterocycles. The molecule has 1 aliphatic rings. The van der Waals surface area contributed by atoms with E-state index in [1.54, 1.807) is 6.07 Å². The first-order valence-electron chi connectivity index (χ1n) is 7.54. The number of nitrogens with zero attached hydrogens (tertiary/aromatic N) is 1. The molecule has 0 fully saturated rings. The van der Waals surface area contributed by atoms with Crippen molar-refractivity contribution >= 4 is 15.7 Å². The highest BCUT2D eigenvalue weighted by Crippen LogP contribution is 2.31. The average Bonchev–Trinajstić information content (AvgIpc) is 2.86. The molecule has 1 aromatic carbocycles. The van der Waals surface area contributed by atoms with Crippen molar-refractivity contribution in [3.63, 3.8) is 0 Å². The molecule has 1 aromatic rings. The zero-order valence-corrected chi connectivity index (χ0v) is 13.3. The largest absolute Gasteiger partial charge is 0.317 e. The number of unbranched alkanes of at least 4 members (excludes halogenated alkanes) is 1. The first-order valence-corrected chi connectivity index (χ1v) is 9.15. The molecule has 0 spiro atoms. The van der Waals surface area contributed by atoms with E-state index in [0.717, 1.165) is 31.5 Å². The lowest BCUT2D eigenvalue weighted by Gasteiger charge is -2.19.